The molecule has 4 aromatic carbocycles. The molecule has 10 N–H and O–H groups in total. The number of carbonyl (C=O) groups excluding carboxylic acids is 8. The molecule has 4 heterocycles. The van der Waals surface area contributed by atoms with E-state index in [1.165, 1.54) is 43.8 Å². The van der Waals surface area contributed by atoms with Crippen LogP contribution in [0.25, 0.3) is 21.8 Å². The fourth-order valence-corrected chi connectivity index (χ4v) is 12.3. The summed E-state index contributed by atoms with van der Waals surface area (Å²) in [4.78, 5) is 126. The van der Waals surface area contributed by atoms with Gasteiger partial charge < -0.3 is 53.2 Å². The molecular weight excluding hydrogens is 1080 g/mol. The quantitative estimate of drug-likeness (QED) is 0.0271. The van der Waals surface area contributed by atoms with E-state index in [2.05, 4.69) is 41.9 Å². The lowest BCUT2D eigenvalue weighted by Crippen LogP contribution is -2.57. The van der Waals surface area contributed by atoms with Crippen molar-refractivity contribution in [3.05, 3.63) is 156 Å². The summed E-state index contributed by atoms with van der Waals surface area (Å²) in [6, 6.07) is 30.2. The molecular formula is C60H70N12O8S2. The minimum atomic E-state index is -1.21. The molecule has 2 aliphatic heterocycles. The zero-order chi connectivity index (χ0) is 57.8. The van der Waals surface area contributed by atoms with Crippen LogP contribution in [0.15, 0.2) is 134 Å². The molecule has 8 rings (SSSR count). The highest BCUT2D eigenvalue weighted by Crippen LogP contribution is 2.28. The van der Waals surface area contributed by atoms with E-state index < -0.39 is 71.7 Å². The Morgan fingerprint density at radius 2 is 0.902 bits per heavy atom. The SMILES string of the molecule is NCCCNC(=O)[C@H](Cc1ccccc1)NC(=O)[C@@H]1CCCN1C(=O)[C@H](CSSC[C@H](NC(=O)c1cnc2ccccc2c1)C(=O)N1CCC[C@H]1C(=O)N[C@@H](Cc1ccccc1)C(=O)NCCCN)NC(=O)c1cnc2ccccc2c1. The van der Waals surface area contributed by atoms with Crippen molar-refractivity contribution in [1.82, 2.24) is 51.7 Å². The molecule has 20 nitrogen and oxygen atoms in total. The number of amides is 8. The van der Waals surface area contributed by atoms with Gasteiger partial charge in [-0.2, -0.15) is 0 Å². The summed E-state index contributed by atoms with van der Waals surface area (Å²) in [5.41, 5.74) is 14.8. The summed E-state index contributed by atoms with van der Waals surface area (Å²) in [5, 5.41) is 18.8. The van der Waals surface area contributed by atoms with Gasteiger partial charge in [-0.3, -0.25) is 48.3 Å². The molecule has 2 aliphatic rings. The number of hydrogen-bond donors (Lipinski definition) is 8. The van der Waals surface area contributed by atoms with E-state index in [1.54, 1.807) is 12.1 Å². The number of hydrogen-bond acceptors (Lipinski definition) is 14. The van der Waals surface area contributed by atoms with Crippen LogP contribution in [0.2, 0.25) is 0 Å². The van der Waals surface area contributed by atoms with Gasteiger partial charge in [0.2, 0.25) is 35.4 Å². The van der Waals surface area contributed by atoms with E-state index >= 15 is 0 Å². The molecule has 8 amide bonds. The van der Waals surface area contributed by atoms with Crippen LogP contribution in [0, 0.1) is 0 Å². The first-order valence-electron chi connectivity index (χ1n) is 27.7. The number of nitrogens with zero attached hydrogens (tertiary/aromatic N) is 4. The van der Waals surface area contributed by atoms with Crippen molar-refractivity contribution in [2.24, 2.45) is 11.5 Å². The van der Waals surface area contributed by atoms with Gasteiger partial charge in [-0.05, 0) is 87.0 Å². The number of aromatic nitrogens is 2. The number of nitrogens with one attached hydrogen (secondary N) is 6. The van der Waals surface area contributed by atoms with E-state index in [-0.39, 0.29) is 60.4 Å². The number of para-hydroxylation sites is 2. The first-order chi connectivity index (χ1) is 39.9. The molecule has 0 bridgehead atoms. The zero-order valence-electron chi connectivity index (χ0n) is 45.5. The molecule has 0 unspecified atom stereocenters. The molecule has 22 heteroatoms. The lowest BCUT2D eigenvalue weighted by Gasteiger charge is -2.30. The Labute approximate surface area is 484 Å². The van der Waals surface area contributed by atoms with E-state index in [0.29, 0.717) is 86.5 Å². The van der Waals surface area contributed by atoms with Crippen LogP contribution in [-0.4, -0.2) is 154 Å². The van der Waals surface area contributed by atoms with Crippen molar-refractivity contribution < 1.29 is 38.4 Å². The van der Waals surface area contributed by atoms with Gasteiger partial charge in [0, 0.05) is 73.7 Å². The number of carbonyl (C=O) groups is 8. The number of fused-ring (bicyclic) bond motifs is 2. The predicted molar refractivity (Wildman–Crippen MR) is 318 cm³/mol. The van der Waals surface area contributed by atoms with Gasteiger partial charge in [-0.25, -0.2) is 0 Å². The first kappa shape index (κ1) is 60.2. The first-order valence-corrected chi connectivity index (χ1v) is 30.2. The summed E-state index contributed by atoms with van der Waals surface area (Å²) < 4.78 is 0. The topological polar surface area (TPSA) is 293 Å². The molecule has 430 valence electrons. The average Bonchev–Trinajstić information content (AvgIpc) is 4.30. The van der Waals surface area contributed by atoms with Crippen LogP contribution in [0.1, 0.15) is 70.4 Å². The molecule has 2 saturated heterocycles. The minimum absolute atomic E-state index is 0.0460. The summed E-state index contributed by atoms with van der Waals surface area (Å²) in [6.45, 7) is 1.79. The van der Waals surface area contributed by atoms with Gasteiger partial charge in [0.25, 0.3) is 11.8 Å². The molecule has 6 aromatic rings. The van der Waals surface area contributed by atoms with E-state index in [0.717, 1.165) is 11.1 Å². The normalized spacial score (nSPS) is 16.4. The van der Waals surface area contributed by atoms with Crippen molar-refractivity contribution >= 4 is 90.7 Å². The minimum Gasteiger partial charge on any atom is -0.354 e. The molecule has 6 atom stereocenters. The van der Waals surface area contributed by atoms with Crippen LogP contribution in [0.3, 0.4) is 0 Å². The predicted octanol–water partition coefficient (Wildman–Crippen LogP) is 3.43. The van der Waals surface area contributed by atoms with Crippen LogP contribution >= 0.6 is 21.6 Å². The van der Waals surface area contributed by atoms with Crippen LogP contribution < -0.4 is 43.4 Å². The standard InChI is InChI=1S/C60H70N12O8S2/c61-25-13-27-63-55(75)47(31-39-15-3-1-4-16-39)67-57(77)51-23-11-29-71(51)59(79)49(69-53(73)43-33-41-19-7-9-21-45(41)65-35-43)37-81-82-38-50(70-54(74)44-34-42-20-8-10-22-46(42)66-36-44)60(80)72-30-12-24-52(72)58(78)68-48(56(76)64-28-14-26-62)32-40-17-5-2-6-18-40/h1-10,15-22,33-36,47-52H,11-14,23-32,37-38,61-62H2,(H,63,75)(H,64,76)(H,67,77)(H,68,78)(H,69,73)(H,70,74)/t47-,48-,49-,50-,51-,52-/m0/s1. The molecule has 0 aliphatic carbocycles. The third-order valence-corrected chi connectivity index (χ3v) is 16.8. The van der Waals surface area contributed by atoms with Crippen LogP contribution in [-0.2, 0) is 41.6 Å². The molecule has 2 aromatic heterocycles. The highest BCUT2D eigenvalue weighted by molar-refractivity contribution is 8.76. The second-order valence-corrected chi connectivity index (χ2v) is 22.8. The van der Waals surface area contributed by atoms with Gasteiger partial charge in [-0.1, -0.05) is 119 Å². The number of rotatable bonds is 27. The van der Waals surface area contributed by atoms with Crippen molar-refractivity contribution in [2.45, 2.75) is 87.6 Å². The van der Waals surface area contributed by atoms with Crippen molar-refractivity contribution in [1.29, 1.82) is 0 Å². The molecule has 0 spiro atoms. The summed E-state index contributed by atoms with van der Waals surface area (Å²) >= 11 is 0. The Morgan fingerprint density at radius 3 is 1.30 bits per heavy atom. The maximum atomic E-state index is 14.9. The van der Waals surface area contributed by atoms with E-state index in [1.807, 2.05) is 109 Å². The van der Waals surface area contributed by atoms with Gasteiger partial charge in [0.1, 0.15) is 36.3 Å². The largest absolute Gasteiger partial charge is 0.354 e. The monoisotopic (exact) mass is 1150 g/mol. The average molecular weight is 1150 g/mol. The molecule has 82 heavy (non-hydrogen) atoms. The van der Waals surface area contributed by atoms with Gasteiger partial charge in [0.15, 0.2) is 0 Å². The Kier molecular flexibility index (Phi) is 22.2. The fraction of sp³-hybridized carbons (Fsp3) is 0.367. The number of likely N-dealkylation sites (tertiary alicyclic amines) is 2. The Bertz CT molecular complexity index is 2990. The third-order valence-electron chi connectivity index (χ3n) is 14.3. The van der Waals surface area contributed by atoms with Crippen molar-refractivity contribution in [2.75, 3.05) is 50.8 Å². The van der Waals surface area contributed by atoms with E-state index in [4.69, 9.17) is 11.5 Å². The molecule has 2 fully saturated rings. The Hall–Kier alpha value is -7.92. The Balaban J connectivity index is 1.01. The maximum absolute atomic E-state index is 14.9. The third kappa shape index (κ3) is 16.4. The second kappa shape index (κ2) is 30.2. The fourth-order valence-electron chi connectivity index (χ4n) is 9.99. The van der Waals surface area contributed by atoms with Gasteiger partial charge in [-0.15, -0.1) is 0 Å². The molecule has 0 saturated carbocycles. The highest BCUT2D eigenvalue weighted by Gasteiger charge is 2.41. The lowest BCUT2D eigenvalue weighted by atomic mass is 10.0. The highest BCUT2D eigenvalue weighted by atomic mass is 33.1. The number of pyridine rings is 2. The zero-order valence-corrected chi connectivity index (χ0v) is 47.1. The van der Waals surface area contributed by atoms with E-state index in [9.17, 15) is 38.4 Å². The summed E-state index contributed by atoms with van der Waals surface area (Å²) in [5.74, 6) is -4.13. The summed E-state index contributed by atoms with van der Waals surface area (Å²) in [6.07, 6.45) is 5.92. The molecule has 0 radical (unpaired) electrons. The van der Waals surface area contributed by atoms with Crippen molar-refractivity contribution in [3.8, 4) is 0 Å². The number of nitrogens with two attached hydrogens (primary N) is 2. The Morgan fingerprint density at radius 1 is 0.512 bits per heavy atom. The van der Waals surface area contributed by atoms with Crippen LogP contribution in [0.5, 0.6) is 0 Å². The van der Waals surface area contributed by atoms with Crippen LogP contribution in [0.4, 0.5) is 0 Å². The lowest BCUT2D eigenvalue weighted by molar-refractivity contribution is -0.140. The summed E-state index contributed by atoms with van der Waals surface area (Å²) in [7, 11) is 2.35. The smallest absolute Gasteiger partial charge is 0.253 e. The van der Waals surface area contributed by atoms with Gasteiger partial charge >= 0.3 is 0 Å². The number of benzene rings is 4. The second-order valence-electron chi connectivity index (χ2n) is 20.2. The van der Waals surface area contributed by atoms with Crippen molar-refractivity contribution in [3.63, 3.8) is 0 Å². The van der Waals surface area contributed by atoms with Gasteiger partial charge in [0.05, 0.1) is 22.2 Å². The maximum Gasteiger partial charge on any atom is 0.253 e.